The number of ether oxygens (including phenoxy) is 1. The van der Waals surface area contributed by atoms with Gasteiger partial charge in [0.15, 0.2) is 0 Å². The summed E-state index contributed by atoms with van der Waals surface area (Å²) in [5.41, 5.74) is 6.75. The Morgan fingerprint density at radius 2 is 1.77 bits per heavy atom. The maximum atomic E-state index is 14.5. The summed E-state index contributed by atoms with van der Waals surface area (Å²) in [7, 11) is 1.59. The Balaban J connectivity index is 0.00000338. The second-order valence-electron chi connectivity index (χ2n) is 6.65. The smallest absolute Gasteiger partial charge is 0.254 e. The van der Waals surface area contributed by atoms with Crippen LogP contribution in [0.4, 0.5) is 4.39 Å². The Hall–Kier alpha value is -2.11. The van der Waals surface area contributed by atoms with Crippen molar-refractivity contribution in [3.05, 3.63) is 53.8 Å². The summed E-state index contributed by atoms with van der Waals surface area (Å²) in [6.07, 6.45) is 0. The van der Waals surface area contributed by atoms with Gasteiger partial charge in [0.1, 0.15) is 11.6 Å². The standard InChI is InChI=1S/C20H25FN2O2.ClH/c1-13(2)20(3,12-22)23-19(24)17-10-7-15(11-18(17)21)14-5-8-16(25-4)9-6-14;/h5-11,13H,12,22H2,1-4H3,(H,23,24);1H. The predicted octanol–water partition coefficient (Wildman–Crippen LogP) is 4.03. The van der Waals surface area contributed by atoms with Crippen LogP contribution >= 0.6 is 12.4 Å². The van der Waals surface area contributed by atoms with E-state index in [1.165, 1.54) is 12.1 Å². The first kappa shape index (κ1) is 21.9. The topological polar surface area (TPSA) is 64.3 Å². The highest BCUT2D eigenvalue weighted by atomic mass is 35.5. The fraction of sp³-hybridized carbons (Fsp3) is 0.350. The number of benzene rings is 2. The van der Waals surface area contributed by atoms with Crippen LogP contribution in [0.15, 0.2) is 42.5 Å². The summed E-state index contributed by atoms with van der Waals surface area (Å²) in [6, 6.07) is 11.9. The average molecular weight is 381 g/mol. The number of nitrogens with two attached hydrogens (primary N) is 1. The van der Waals surface area contributed by atoms with E-state index in [0.717, 1.165) is 11.3 Å². The molecule has 1 unspecified atom stereocenters. The van der Waals surface area contributed by atoms with E-state index in [2.05, 4.69) is 5.32 Å². The highest BCUT2D eigenvalue weighted by molar-refractivity contribution is 5.95. The lowest BCUT2D eigenvalue weighted by Crippen LogP contribution is -2.55. The Morgan fingerprint density at radius 1 is 1.19 bits per heavy atom. The van der Waals surface area contributed by atoms with E-state index in [0.29, 0.717) is 5.56 Å². The number of nitrogens with one attached hydrogen (secondary N) is 1. The highest BCUT2D eigenvalue weighted by Crippen LogP contribution is 2.25. The molecule has 0 spiro atoms. The predicted molar refractivity (Wildman–Crippen MR) is 105 cm³/mol. The largest absolute Gasteiger partial charge is 0.497 e. The van der Waals surface area contributed by atoms with E-state index in [-0.39, 0.29) is 30.4 Å². The molecule has 6 heteroatoms. The number of methoxy groups -OCH3 is 1. The van der Waals surface area contributed by atoms with Crippen molar-refractivity contribution in [1.29, 1.82) is 0 Å². The van der Waals surface area contributed by atoms with Crippen molar-refractivity contribution in [2.24, 2.45) is 11.7 Å². The zero-order valence-electron chi connectivity index (χ0n) is 15.5. The maximum absolute atomic E-state index is 14.5. The van der Waals surface area contributed by atoms with Gasteiger partial charge in [-0.1, -0.05) is 32.0 Å². The lowest BCUT2D eigenvalue weighted by Gasteiger charge is -2.33. The number of amides is 1. The Labute approximate surface area is 160 Å². The molecular weight excluding hydrogens is 355 g/mol. The zero-order valence-corrected chi connectivity index (χ0v) is 16.3. The van der Waals surface area contributed by atoms with Crippen molar-refractivity contribution in [3.8, 4) is 16.9 Å². The molecule has 3 N–H and O–H groups in total. The molecule has 0 aliphatic rings. The van der Waals surface area contributed by atoms with E-state index in [9.17, 15) is 9.18 Å². The highest BCUT2D eigenvalue weighted by Gasteiger charge is 2.29. The Bertz CT molecular complexity index is 750. The Kier molecular flexibility index (Phi) is 7.60. The first-order valence-corrected chi connectivity index (χ1v) is 8.27. The van der Waals surface area contributed by atoms with Gasteiger partial charge in [0.05, 0.1) is 18.2 Å². The van der Waals surface area contributed by atoms with E-state index >= 15 is 0 Å². The average Bonchev–Trinajstić information content (AvgIpc) is 2.61. The van der Waals surface area contributed by atoms with Gasteiger partial charge in [0.25, 0.3) is 5.91 Å². The van der Waals surface area contributed by atoms with Crippen LogP contribution in [0.25, 0.3) is 11.1 Å². The third-order valence-corrected chi connectivity index (χ3v) is 4.73. The van der Waals surface area contributed by atoms with Crippen LogP contribution in [0.2, 0.25) is 0 Å². The normalized spacial score (nSPS) is 12.9. The molecule has 2 aromatic rings. The molecular formula is C20H26ClFN2O2. The molecule has 2 rings (SSSR count). The first-order chi connectivity index (χ1) is 11.8. The molecule has 0 fully saturated rings. The molecule has 0 aliphatic heterocycles. The minimum Gasteiger partial charge on any atom is -0.497 e. The summed E-state index contributed by atoms with van der Waals surface area (Å²) < 4.78 is 19.6. The number of carbonyl (C=O) groups excluding carboxylic acids is 1. The summed E-state index contributed by atoms with van der Waals surface area (Å²) in [5, 5.41) is 2.85. The number of hydrogen-bond acceptors (Lipinski definition) is 3. The van der Waals surface area contributed by atoms with Gasteiger partial charge in [0, 0.05) is 6.54 Å². The number of halogens is 2. The minimum atomic E-state index is -0.585. The summed E-state index contributed by atoms with van der Waals surface area (Å²) in [6.45, 7) is 6.08. The van der Waals surface area contributed by atoms with Crippen LogP contribution < -0.4 is 15.8 Å². The van der Waals surface area contributed by atoms with Gasteiger partial charge >= 0.3 is 0 Å². The molecule has 26 heavy (non-hydrogen) atoms. The molecule has 4 nitrogen and oxygen atoms in total. The van der Waals surface area contributed by atoms with Crippen LogP contribution in [-0.2, 0) is 0 Å². The molecule has 1 amide bonds. The van der Waals surface area contributed by atoms with Gasteiger partial charge < -0.3 is 15.8 Å². The molecule has 0 saturated carbocycles. The van der Waals surface area contributed by atoms with E-state index in [1.54, 1.807) is 13.2 Å². The molecule has 0 aliphatic carbocycles. The van der Waals surface area contributed by atoms with Gasteiger partial charge in [-0.15, -0.1) is 12.4 Å². The minimum absolute atomic E-state index is 0. The third kappa shape index (κ3) is 4.74. The lowest BCUT2D eigenvalue weighted by molar-refractivity contribution is 0.0879. The maximum Gasteiger partial charge on any atom is 0.254 e. The van der Waals surface area contributed by atoms with Crippen molar-refractivity contribution in [2.45, 2.75) is 26.3 Å². The molecule has 0 radical (unpaired) electrons. The van der Waals surface area contributed by atoms with Crippen LogP contribution in [0, 0.1) is 11.7 Å². The molecule has 0 saturated heterocycles. The van der Waals surface area contributed by atoms with Crippen molar-refractivity contribution in [3.63, 3.8) is 0 Å². The zero-order chi connectivity index (χ0) is 18.6. The van der Waals surface area contributed by atoms with Gasteiger partial charge in [-0.2, -0.15) is 0 Å². The quantitative estimate of drug-likeness (QED) is 0.795. The fourth-order valence-corrected chi connectivity index (χ4v) is 2.42. The van der Waals surface area contributed by atoms with Gasteiger partial charge in [0.2, 0.25) is 0 Å². The molecule has 142 valence electrons. The van der Waals surface area contributed by atoms with Crippen molar-refractivity contribution < 1.29 is 13.9 Å². The summed E-state index contributed by atoms with van der Waals surface area (Å²) in [5.74, 6) is -0.160. The van der Waals surface area contributed by atoms with Crippen LogP contribution in [0.1, 0.15) is 31.1 Å². The van der Waals surface area contributed by atoms with Gasteiger partial charge in [-0.25, -0.2) is 4.39 Å². The summed E-state index contributed by atoms with van der Waals surface area (Å²) >= 11 is 0. The van der Waals surface area contributed by atoms with Gasteiger partial charge in [-0.05, 0) is 48.2 Å². The van der Waals surface area contributed by atoms with E-state index < -0.39 is 17.3 Å². The number of carbonyl (C=O) groups is 1. The van der Waals surface area contributed by atoms with Crippen molar-refractivity contribution in [1.82, 2.24) is 5.32 Å². The molecule has 0 bridgehead atoms. The van der Waals surface area contributed by atoms with E-state index in [4.69, 9.17) is 10.5 Å². The molecule has 1 atom stereocenters. The Morgan fingerprint density at radius 3 is 2.23 bits per heavy atom. The van der Waals surface area contributed by atoms with Crippen molar-refractivity contribution in [2.75, 3.05) is 13.7 Å². The third-order valence-electron chi connectivity index (χ3n) is 4.73. The number of rotatable bonds is 6. The van der Waals surface area contributed by atoms with Crippen LogP contribution in [0.3, 0.4) is 0 Å². The SMILES string of the molecule is COc1ccc(-c2ccc(C(=O)NC(C)(CN)C(C)C)c(F)c2)cc1.Cl. The number of hydrogen-bond donors (Lipinski definition) is 2. The first-order valence-electron chi connectivity index (χ1n) is 8.27. The molecule has 2 aromatic carbocycles. The van der Waals surface area contributed by atoms with Crippen LogP contribution in [0.5, 0.6) is 5.75 Å². The van der Waals surface area contributed by atoms with E-state index in [1.807, 2.05) is 45.0 Å². The second-order valence-corrected chi connectivity index (χ2v) is 6.65. The molecule has 0 heterocycles. The van der Waals surface area contributed by atoms with Crippen molar-refractivity contribution >= 4 is 18.3 Å². The summed E-state index contributed by atoms with van der Waals surface area (Å²) in [4.78, 5) is 12.5. The second kappa shape index (κ2) is 9.01. The van der Waals surface area contributed by atoms with Crippen LogP contribution in [-0.4, -0.2) is 25.1 Å². The monoisotopic (exact) mass is 380 g/mol. The van der Waals surface area contributed by atoms with Gasteiger partial charge in [-0.3, -0.25) is 4.79 Å². The fourth-order valence-electron chi connectivity index (χ4n) is 2.42. The molecule has 0 aromatic heterocycles. The lowest BCUT2D eigenvalue weighted by atomic mass is 9.88.